The number of rotatable bonds is 8. The standard InChI is InChI=1S/C11H25N3O/c1-4-7-14(8-5-2,9-6-3)10-11(15)13-12/h4-10,12H2,1-3H3/p+1. The number of nitrogens with one attached hydrogen (secondary N) is 1. The number of nitrogens with zero attached hydrogens (tertiary/aromatic N) is 1. The van der Waals surface area contributed by atoms with Crippen LogP contribution in [0.2, 0.25) is 0 Å². The molecule has 0 saturated carbocycles. The molecule has 0 radical (unpaired) electrons. The predicted octanol–water partition coefficient (Wildman–Crippen LogP) is 1.02. The highest BCUT2D eigenvalue weighted by Crippen LogP contribution is 2.11. The molecular weight excluding hydrogens is 190 g/mol. The summed E-state index contributed by atoms with van der Waals surface area (Å²) in [5.74, 6) is 5.11. The van der Waals surface area contributed by atoms with Gasteiger partial charge in [-0.2, -0.15) is 0 Å². The van der Waals surface area contributed by atoms with Crippen molar-refractivity contribution in [1.29, 1.82) is 0 Å². The van der Waals surface area contributed by atoms with Crippen LogP contribution in [-0.2, 0) is 4.79 Å². The fourth-order valence-electron chi connectivity index (χ4n) is 2.35. The van der Waals surface area contributed by atoms with Crippen molar-refractivity contribution in [3.05, 3.63) is 0 Å². The molecule has 0 spiro atoms. The molecule has 0 aromatic heterocycles. The first-order valence-corrected chi connectivity index (χ1v) is 5.98. The Labute approximate surface area is 93.4 Å². The highest BCUT2D eigenvalue weighted by atomic mass is 16.2. The van der Waals surface area contributed by atoms with E-state index in [1.165, 1.54) is 0 Å². The van der Waals surface area contributed by atoms with Crippen LogP contribution in [0.5, 0.6) is 0 Å². The summed E-state index contributed by atoms with van der Waals surface area (Å²) in [6.45, 7) is 10.2. The summed E-state index contributed by atoms with van der Waals surface area (Å²) in [6, 6.07) is 0. The molecule has 3 N–H and O–H groups in total. The van der Waals surface area contributed by atoms with Crippen LogP contribution in [0.4, 0.5) is 0 Å². The zero-order valence-corrected chi connectivity index (χ0v) is 10.4. The van der Waals surface area contributed by atoms with E-state index in [1.807, 2.05) is 0 Å². The fourth-order valence-corrected chi connectivity index (χ4v) is 2.35. The maximum atomic E-state index is 11.4. The molecule has 0 fully saturated rings. The number of nitrogens with two attached hydrogens (primary N) is 1. The van der Waals surface area contributed by atoms with Gasteiger partial charge >= 0.3 is 0 Å². The molecule has 0 rings (SSSR count). The first-order chi connectivity index (χ1) is 7.14. The second kappa shape index (κ2) is 7.65. The molecule has 0 aliphatic heterocycles. The van der Waals surface area contributed by atoms with Crippen molar-refractivity contribution < 1.29 is 9.28 Å². The minimum atomic E-state index is -0.0506. The Balaban J connectivity index is 4.51. The monoisotopic (exact) mass is 216 g/mol. The molecule has 4 nitrogen and oxygen atoms in total. The predicted molar refractivity (Wildman–Crippen MR) is 62.9 cm³/mol. The molecule has 0 aromatic rings. The van der Waals surface area contributed by atoms with E-state index in [4.69, 9.17) is 5.84 Å². The largest absolute Gasteiger partial charge is 0.316 e. The van der Waals surface area contributed by atoms with Crippen LogP contribution in [0.3, 0.4) is 0 Å². The lowest BCUT2D eigenvalue weighted by Crippen LogP contribution is -2.55. The highest BCUT2D eigenvalue weighted by Gasteiger charge is 2.27. The van der Waals surface area contributed by atoms with Gasteiger partial charge in [0.2, 0.25) is 0 Å². The van der Waals surface area contributed by atoms with Gasteiger partial charge in [-0.3, -0.25) is 10.2 Å². The van der Waals surface area contributed by atoms with Crippen LogP contribution in [0.1, 0.15) is 40.0 Å². The lowest BCUT2D eigenvalue weighted by molar-refractivity contribution is -0.921. The number of quaternary nitrogens is 1. The Morgan fingerprint density at radius 2 is 1.47 bits per heavy atom. The van der Waals surface area contributed by atoms with Crippen molar-refractivity contribution in [2.24, 2.45) is 5.84 Å². The van der Waals surface area contributed by atoms with Crippen molar-refractivity contribution >= 4 is 5.91 Å². The molecule has 0 aliphatic rings. The van der Waals surface area contributed by atoms with Crippen molar-refractivity contribution in [2.75, 3.05) is 26.2 Å². The van der Waals surface area contributed by atoms with E-state index in [0.29, 0.717) is 6.54 Å². The maximum Gasteiger partial charge on any atom is 0.289 e. The lowest BCUT2D eigenvalue weighted by Gasteiger charge is -2.37. The van der Waals surface area contributed by atoms with Crippen molar-refractivity contribution in [3.63, 3.8) is 0 Å². The van der Waals surface area contributed by atoms with Gasteiger partial charge < -0.3 is 4.48 Å². The molecule has 90 valence electrons. The number of carbonyl (C=O) groups excluding carboxylic acids is 1. The summed E-state index contributed by atoms with van der Waals surface area (Å²) < 4.78 is 0.881. The molecule has 0 aromatic carbocycles. The van der Waals surface area contributed by atoms with Crippen molar-refractivity contribution in [2.45, 2.75) is 40.0 Å². The number of hydrazine groups is 1. The third kappa shape index (κ3) is 5.14. The topological polar surface area (TPSA) is 55.1 Å². The van der Waals surface area contributed by atoms with Crippen molar-refractivity contribution in [3.8, 4) is 0 Å². The van der Waals surface area contributed by atoms with Gasteiger partial charge in [-0.15, -0.1) is 0 Å². The van der Waals surface area contributed by atoms with E-state index in [-0.39, 0.29) is 5.91 Å². The SMILES string of the molecule is CCC[N+](CCC)(CCC)CC(=O)NN. The summed E-state index contributed by atoms with van der Waals surface area (Å²) in [5.41, 5.74) is 2.24. The second-order valence-electron chi connectivity index (χ2n) is 4.24. The van der Waals surface area contributed by atoms with Crippen LogP contribution < -0.4 is 11.3 Å². The molecular formula is C11H26N3O+. The Bertz CT molecular complexity index is 166. The first-order valence-electron chi connectivity index (χ1n) is 5.98. The summed E-state index contributed by atoms with van der Waals surface area (Å²) in [6.07, 6.45) is 3.33. The molecule has 0 saturated heterocycles. The smallest absolute Gasteiger partial charge is 0.289 e. The molecule has 1 amide bonds. The van der Waals surface area contributed by atoms with E-state index >= 15 is 0 Å². The van der Waals surface area contributed by atoms with E-state index in [0.717, 1.165) is 43.4 Å². The Morgan fingerprint density at radius 1 is 1.07 bits per heavy atom. The summed E-state index contributed by atoms with van der Waals surface area (Å²) >= 11 is 0. The molecule has 0 unspecified atom stereocenters. The Hall–Kier alpha value is -0.610. The molecule has 0 bridgehead atoms. The van der Waals surface area contributed by atoms with Crippen LogP contribution in [0.25, 0.3) is 0 Å². The third-order valence-electron chi connectivity index (χ3n) is 2.73. The van der Waals surface area contributed by atoms with Gasteiger partial charge in [0.1, 0.15) is 0 Å². The number of hydrogen-bond acceptors (Lipinski definition) is 2. The highest BCUT2D eigenvalue weighted by molar-refractivity contribution is 5.76. The zero-order valence-electron chi connectivity index (χ0n) is 10.4. The van der Waals surface area contributed by atoms with Gasteiger partial charge in [-0.1, -0.05) is 20.8 Å². The minimum absolute atomic E-state index is 0.0506. The van der Waals surface area contributed by atoms with Crippen molar-refractivity contribution in [1.82, 2.24) is 5.43 Å². The normalized spacial score (nSPS) is 11.5. The van der Waals surface area contributed by atoms with Crippen LogP contribution in [0.15, 0.2) is 0 Å². The average molecular weight is 216 g/mol. The van der Waals surface area contributed by atoms with Gasteiger partial charge in [-0.25, -0.2) is 5.84 Å². The molecule has 4 heteroatoms. The van der Waals surface area contributed by atoms with Crippen LogP contribution in [0, 0.1) is 0 Å². The maximum absolute atomic E-state index is 11.4. The van der Waals surface area contributed by atoms with E-state index in [9.17, 15) is 4.79 Å². The van der Waals surface area contributed by atoms with Gasteiger partial charge in [0.05, 0.1) is 19.6 Å². The second-order valence-corrected chi connectivity index (χ2v) is 4.24. The molecule has 0 aliphatic carbocycles. The Morgan fingerprint density at radius 3 is 1.73 bits per heavy atom. The summed E-state index contributed by atoms with van der Waals surface area (Å²) in [4.78, 5) is 11.4. The van der Waals surface area contributed by atoms with E-state index < -0.39 is 0 Å². The van der Waals surface area contributed by atoms with Crippen LogP contribution >= 0.6 is 0 Å². The fraction of sp³-hybridized carbons (Fsp3) is 0.909. The molecule has 0 heterocycles. The zero-order chi connectivity index (χ0) is 11.7. The van der Waals surface area contributed by atoms with E-state index in [1.54, 1.807) is 0 Å². The quantitative estimate of drug-likeness (QED) is 0.275. The average Bonchev–Trinajstić information content (AvgIpc) is 2.18. The first kappa shape index (κ1) is 14.4. The Kier molecular flexibility index (Phi) is 7.34. The molecule has 0 atom stereocenters. The lowest BCUT2D eigenvalue weighted by atomic mass is 10.2. The van der Waals surface area contributed by atoms with Crippen LogP contribution in [-0.4, -0.2) is 36.6 Å². The number of amides is 1. The van der Waals surface area contributed by atoms with Gasteiger partial charge in [0.25, 0.3) is 5.91 Å². The molecule has 15 heavy (non-hydrogen) atoms. The number of carbonyl (C=O) groups is 1. The van der Waals surface area contributed by atoms with Gasteiger partial charge in [0.15, 0.2) is 6.54 Å². The minimum Gasteiger partial charge on any atom is -0.316 e. The number of hydrogen-bond donors (Lipinski definition) is 2. The van der Waals surface area contributed by atoms with Gasteiger partial charge in [-0.05, 0) is 19.3 Å². The summed E-state index contributed by atoms with van der Waals surface area (Å²) in [7, 11) is 0. The van der Waals surface area contributed by atoms with Gasteiger partial charge in [0, 0.05) is 0 Å². The summed E-state index contributed by atoms with van der Waals surface area (Å²) in [5, 5.41) is 0. The third-order valence-corrected chi connectivity index (χ3v) is 2.73. The van der Waals surface area contributed by atoms with E-state index in [2.05, 4.69) is 26.2 Å².